The number of anilines is 2. The highest BCUT2D eigenvalue weighted by Gasteiger charge is 2.60. The molecule has 0 bridgehead atoms. The molecule has 3 heterocycles. The molecule has 3 atom stereocenters. The summed E-state index contributed by atoms with van der Waals surface area (Å²) in [4.78, 5) is 39.2. The SMILES string of the molecule is Cc1ccc(N2C(=O)[C@H]3[C@@H](c4cc5ccccc5nc4Cl)N(c4ccccc4)O[C@H]3C2=O)cc1. The number of hydroxylamine groups is 1. The summed E-state index contributed by atoms with van der Waals surface area (Å²) in [6, 6.07) is 25.7. The molecule has 2 aliphatic rings. The van der Waals surface area contributed by atoms with Crippen molar-refractivity contribution in [2.45, 2.75) is 19.1 Å². The maximum Gasteiger partial charge on any atom is 0.266 e. The normalized spacial score (nSPS) is 22.0. The summed E-state index contributed by atoms with van der Waals surface area (Å²) >= 11 is 6.68. The largest absolute Gasteiger partial charge is 0.273 e. The number of amides is 2. The zero-order chi connectivity index (χ0) is 23.4. The van der Waals surface area contributed by atoms with Crippen LogP contribution >= 0.6 is 11.6 Å². The Morgan fingerprint density at radius 2 is 1.56 bits per heavy atom. The first kappa shape index (κ1) is 20.8. The summed E-state index contributed by atoms with van der Waals surface area (Å²) in [6.07, 6.45) is -0.957. The molecule has 2 amide bonds. The van der Waals surface area contributed by atoms with Crippen molar-refractivity contribution < 1.29 is 14.4 Å². The number of rotatable bonds is 3. The van der Waals surface area contributed by atoms with Gasteiger partial charge < -0.3 is 0 Å². The minimum atomic E-state index is -0.957. The lowest BCUT2D eigenvalue weighted by molar-refractivity contribution is -0.126. The van der Waals surface area contributed by atoms with Crippen molar-refractivity contribution in [3.8, 4) is 0 Å². The fourth-order valence-corrected chi connectivity index (χ4v) is 5.05. The number of carbonyl (C=O) groups is 2. The Balaban J connectivity index is 1.49. The van der Waals surface area contributed by atoms with Crippen molar-refractivity contribution in [1.82, 2.24) is 4.98 Å². The summed E-state index contributed by atoms with van der Waals surface area (Å²) in [7, 11) is 0. The monoisotopic (exact) mass is 469 g/mol. The van der Waals surface area contributed by atoms with Gasteiger partial charge in [0.2, 0.25) is 5.91 Å². The Kier molecular flexibility index (Phi) is 4.86. The van der Waals surface area contributed by atoms with Gasteiger partial charge in [-0.3, -0.25) is 14.4 Å². The Bertz CT molecular complexity index is 1420. The average Bonchev–Trinajstić information content (AvgIpc) is 3.36. The second-order valence-electron chi connectivity index (χ2n) is 8.57. The lowest BCUT2D eigenvalue weighted by Crippen LogP contribution is -2.37. The summed E-state index contributed by atoms with van der Waals surface area (Å²) in [5.74, 6) is -1.46. The van der Waals surface area contributed by atoms with Gasteiger partial charge in [0.1, 0.15) is 11.1 Å². The van der Waals surface area contributed by atoms with Crippen LogP contribution in [-0.2, 0) is 14.4 Å². The van der Waals surface area contributed by atoms with E-state index in [-0.39, 0.29) is 17.0 Å². The topological polar surface area (TPSA) is 62.7 Å². The second-order valence-corrected chi connectivity index (χ2v) is 8.92. The quantitative estimate of drug-likeness (QED) is 0.303. The third kappa shape index (κ3) is 3.18. The number of hydrogen-bond acceptors (Lipinski definition) is 5. The zero-order valence-corrected chi connectivity index (χ0v) is 19.0. The molecule has 2 saturated heterocycles. The molecule has 7 heteroatoms. The van der Waals surface area contributed by atoms with Crippen LogP contribution in [0, 0.1) is 12.8 Å². The fraction of sp³-hybridized carbons (Fsp3) is 0.148. The minimum Gasteiger partial charge on any atom is -0.273 e. The molecule has 0 spiro atoms. The number of aromatic nitrogens is 1. The van der Waals surface area contributed by atoms with E-state index in [4.69, 9.17) is 16.4 Å². The van der Waals surface area contributed by atoms with Gasteiger partial charge in [-0.05, 0) is 43.3 Å². The second kappa shape index (κ2) is 7.94. The van der Waals surface area contributed by atoms with Gasteiger partial charge in [-0.2, -0.15) is 0 Å². The minimum absolute atomic E-state index is 0.280. The standard InChI is InChI=1S/C27H20ClN3O3/c1-16-11-13-18(14-12-16)30-26(32)22-23(20-15-17-7-5-6-10-21(17)29-25(20)28)31(34-24(22)27(30)33)19-8-3-2-4-9-19/h2-15,22-24H,1H3/t22-,23+,24+/m0/s1. The maximum absolute atomic E-state index is 13.8. The van der Waals surface area contributed by atoms with E-state index in [9.17, 15) is 9.59 Å². The molecular formula is C27H20ClN3O3. The smallest absolute Gasteiger partial charge is 0.266 e. The van der Waals surface area contributed by atoms with Crippen molar-refractivity contribution in [2.75, 3.05) is 9.96 Å². The summed E-state index contributed by atoms with van der Waals surface area (Å²) in [5.41, 5.74) is 3.71. The van der Waals surface area contributed by atoms with Crippen LogP contribution in [0.2, 0.25) is 5.15 Å². The molecule has 168 valence electrons. The van der Waals surface area contributed by atoms with Crippen LogP contribution in [0.15, 0.2) is 84.9 Å². The summed E-state index contributed by atoms with van der Waals surface area (Å²) in [5, 5.41) is 2.81. The number of halogens is 1. The average molecular weight is 470 g/mol. The van der Waals surface area contributed by atoms with Crippen LogP contribution in [0.5, 0.6) is 0 Å². The van der Waals surface area contributed by atoms with E-state index in [1.165, 1.54) is 4.90 Å². The number of benzene rings is 3. The highest BCUT2D eigenvalue weighted by atomic mass is 35.5. The molecule has 0 unspecified atom stereocenters. The molecule has 34 heavy (non-hydrogen) atoms. The zero-order valence-electron chi connectivity index (χ0n) is 18.3. The molecular weight excluding hydrogens is 450 g/mol. The molecule has 1 aromatic heterocycles. The van der Waals surface area contributed by atoms with Gasteiger partial charge >= 0.3 is 0 Å². The molecule has 0 aliphatic carbocycles. The molecule has 6 rings (SSSR count). The Hall–Kier alpha value is -3.74. The van der Waals surface area contributed by atoms with Crippen LogP contribution in [0.3, 0.4) is 0 Å². The van der Waals surface area contributed by atoms with Crippen molar-refractivity contribution in [2.24, 2.45) is 5.92 Å². The van der Waals surface area contributed by atoms with E-state index in [1.807, 2.05) is 79.7 Å². The molecule has 0 saturated carbocycles. The predicted octanol–water partition coefficient (Wildman–Crippen LogP) is 5.25. The summed E-state index contributed by atoms with van der Waals surface area (Å²) in [6.45, 7) is 1.96. The van der Waals surface area contributed by atoms with E-state index < -0.39 is 18.1 Å². The lowest BCUT2D eigenvalue weighted by atomic mass is 9.90. The van der Waals surface area contributed by atoms with E-state index in [0.717, 1.165) is 22.2 Å². The van der Waals surface area contributed by atoms with Gasteiger partial charge in [0.25, 0.3) is 5.91 Å². The van der Waals surface area contributed by atoms with E-state index in [0.29, 0.717) is 11.3 Å². The molecule has 2 aliphatic heterocycles. The van der Waals surface area contributed by atoms with Crippen LogP contribution in [0.4, 0.5) is 11.4 Å². The number of nitrogens with zero attached hydrogens (tertiary/aromatic N) is 3. The Morgan fingerprint density at radius 1 is 0.853 bits per heavy atom. The van der Waals surface area contributed by atoms with E-state index >= 15 is 0 Å². The highest BCUT2D eigenvalue weighted by Crippen LogP contribution is 2.49. The first-order valence-electron chi connectivity index (χ1n) is 11.0. The number of imide groups is 1. The molecule has 0 N–H and O–H groups in total. The van der Waals surface area contributed by atoms with E-state index in [1.54, 1.807) is 17.2 Å². The molecule has 6 nitrogen and oxygen atoms in total. The van der Waals surface area contributed by atoms with Crippen molar-refractivity contribution in [3.05, 3.63) is 101 Å². The van der Waals surface area contributed by atoms with E-state index in [2.05, 4.69) is 4.98 Å². The molecule has 4 aromatic rings. The summed E-state index contributed by atoms with van der Waals surface area (Å²) < 4.78 is 0. The third-order valence-corrected chi connectivity index (χ3v) is 6.74. The van der Waals surface area contributed by atoms with Crippen LogP contribution < -0.4 is 9.96 Å². The van der Waals surface area contributed by atoms with Gasteiger partial charge in [-0.1, -0.05) is 65.7 Å². The number of carbonyl (C=O) groups excluding carboxylic acids is 2. The van der Waals surface area contributed by atoms with Gasteiger partial charge in [0.05, 0.1) is 22.9 Å². The van der Waals surface area contributed by atoms with Crippen molar-refractivity contribution in [1.29, 1.82) is 0 Å². The van der Waals surface area contributed by atoms with Crippen molar-refractivity contribution in [3.63, 3.8) is 0 Å². The molecule has 0 radical (unpaired) electrons. The maximum atomic E-state index is 13.8. The van der Waals surface area contributed by atoms with Gasteiger partial charge in [0.15, 0.2) is 6.10 Å². The number of hydrogen-bond donors (Lipinski definition) is 0. The highest BCUT2D eigenvalue weighted by molar-refractivity contribution is 6.31. The molecule has 2 fully saturated rings. The third-order valence-electron chi connectivity index (χ3n) is 6.44. The molecule has 3 aromatic carbocycles. The number of fused-ring (bicyclic) bond motifs is 2. The first-order valence-corrected chi connectivity index (χ1v) is 11.4. The number of aryl methyl sites for hydroxylation is 1. The first-order chi connectivity index (χ1) is 16.5. The van der Waals surface area contributed by atoms with Gasteiger partial charge in [0, 0.05) is 10.9 Å². The number of pyridine rings is 1. The Morgan fingerprint density at radius 3 is 2.32 bits per heavy atom. The number of para-hydroxylation sites is 2. The lowest BCUT2D eigenvalue weighted by Gasteiger charge is -2.29. The van der Waals surface area contributed by atoms with Crippen LogP contribution in [0.1, 0.15) is 17.2 Å². The van der Waals surface area contributed by atoms with Gasteiger partial charge in [-0.25, -0.2) is 14.9 Å². The van der Waals surface area contributed by atoms with Crippen LogP contribution in [-0.4, -0.2) is 22.9 Å². The predicted molar refractivity (Wildman–Crippen MR) is 130 cm³/mol. The fourth-order valence-electron chi connectivity index (χ4n) is 4.79. The Labute approximate surface area is 201 Å². The van der Waals surface area contributed by atoms with Crippen molar-refractivity contribution >= 4 is 45.7 Å². The van der Waals surface area contributed by atoms with Crippen LogP contribution in [0.25, 0.3) is 10.9 Å². The van der Waals surface area contributed by atoms with Gasteiger partial charge in [-0.15, -0.1) is 0 Å².